The molecule has 104 valence electrons. The Morgan fingerprint density at radius 3 is 2.72 bits per heavy atom. The number of rotatable bonds is 4. The molecule has 1 aliphatic carbocycles. The third-order valence-corrected chi connectivity index (χ3v) is 4.40. The van der Waals surface area contributed by atoms with Gasteiger partial charge in [0.2, 0.25) is 0 Å². The monoisotopic (exact) mass is 253 g/mol. The third kappa shape index (κ3) is 3.55. The van der Waals surface area contributed by atoms with Crippen molar-refractivity contribution in [2.24, 2.45) is 5.92 Å². The molecule has 1 heterocycles. The summed E-state index contributed by atoms with van der Waals surface area (Å²) in [5.74, 6) is 0.611. The van der Waals surface area contributed by atoms with Gasteiger partial charge in [-0.3, -0.25) is 4.79 Å². The molecular formula is C15H27NO2. The van der Waals surface area contributed by atoms with Gasteiger partial charge >= 0.3 is 0 Å². The van der Waals surface area contributed by atoms with Crippen LogP contribution < -0.4 is 5.32 Å². The highest BCUT2D eigenvalue weighted by Crippen LogP contribution is 2.40. The zero-order valence-corrected chi connectivity index (χ0v) is 11.8. The normalized spacial score (nSPS) is 27.6. The molecule has 0 aromatic carbocycles. The molecule has 1 spiro atoms. The number of carbonyl (C=O) groups excluding carboxylic acids is 1. The number of carbonyl (C=O) groups is 1. The minimum absolute atomic E-state index is 0.0503. The zero-order chi connectivity index (χ0) is 13.0. The topological polar surface area (TPSA) is 38.3 Å². The maximum Gasteiger partial charge on any atom is 0.149 e. The third-order valence-electron chi connectivity index (χ3n) is 4.40. The smallest absolute Gasteiger partial charge is 0.149 e. The second kappa shape index (κ2) is 6.16. The highest BCUT2D eigenvalue weighted by molar-refractivity contribution is 5.83. The Morgan fingerprint density at radius 1 is 1.33 bits per heavy atom. The molecule has 1 aliphatic heterocycles. The van der Waals surface area contributed by atoms with Gasteiger partial charge in [-0.05, 0) is 25.7 Å². The van der Waals surface area contributed by atoms with Crippen LogP contribution >= 0.6 is 0 Å². The first-order valence-corrected chi connectivity index (χ1v) is 7.51. The summed E-state index contributed by atoms with van der Waals surface area (Å²) in [6, 6.07) is 0.387. The Hall–Kier alpha value is -0.410. The molecule has 1 unspecified atom stereocenters. The molecule has 2 fully saturated rings. The summed E-state index contributed by atoms with van der Waals surface area (Å²) in [6.45, 7) is 5.47. The summed E-state index contributed by atoms with van der Waals surface area (Å²) < 4.78 is 6.04. The summed E-state index contributed by atoms with van der Waals surface area (Å²) in [4.78, 5) is 12.2. The van der Waals surface area contributed by atoms with E-state index in [2.05, 4.69) is 19.2 Å². The standard InChI is InChI=1S/C15H27NO2/c1-12(2)16-11-14(17)13-6-9-18-15(10-13)7-4-3-5-8-15/h12-13,16H,3-11H2,1-2H3. The first-order valence-electron chi connectivity index (χ1n) is 7.51. The largest absolute Gasteiger partial charge is 0.375 e. The number of nitrogens with one attached hydrogen (secondary N) is 1. The van der Waals surface area contributed by atoms with Gasteiger partial charge in [-0.1, -0.05) is 33.1 Å². The first-order chi connectivity index (χ1) is 8.61. The molecule has 18 heavy (non-hydrogen) atoms. The fourth-order valence-electron chi connectivity index (χ4n) is 3.30. The lowest BCUT2D eigenvalue weighted by Gasteiger charge is -2.43. The van der Waals surface area contributed by atoms with Crippen molar-refractivity contribution in [3.05, 3.63) is 0 Å². The van der Waals surface area contributed by atoms with E-state index in [0.717, 1.165) is 32.3 Å². The second-order valence-corrected chi connectivity index (χ2v) is 6.28. The quantitative estimate of drug-likeness (QED) is 0.837. The Bertz CT molecular complexity index is 277. The van der Waals surface area contributed by atoms with Gasteiger partial charge in [0.15, 0.2) is 0 Å². The predicted molar refractivity (Wildman–Crippen MR) is 72.6 cm³/mol. The highest BCUT2D eigenvalue weighted by atomic mass is 16.5. The van der Waals surface area contributed by atoms with Crippen molar-refractivity contribution in [3.8, 4) is 0 Å². The molecule has 2 rings (SSSR count). The van der Waals surface area contributed by atoms with Crippen LogP contribution in [-0.2, 0) is 9.53 Å². The van der Waals surface area contributed by atoms with Gasteiger partial charge in [0.05, 0.1) is 12.1 Å². The van der Waals surface area contributed by atoms with Crippen molar-refractivity contribution in [1.82, 2.24) is 5.32 Å². The van der Waals surface area contributed by atoms with Crippen LogP contribution in [0.15, 0.2) is 0 Å². The average molecular weight is 253 g/mol. The second-order valence-electron chi connectivity index (χ2n) is 6.28. The SMILES string of the molecule is CC(C)NCC(=O)C1CCOC2(CCCCC2)C1. The molecule has 1 saturated carbocycles. The summed E-state index contributed by atoms with van der Waals surface area (Å²) in [6.07, 6.45) is 8.07. The Labute approximate surface area is 111 Å². The van der Waals surface area contributed by atoms with Gasteiger partial charge in [-0.2, -0.15) is 0 Å². The molecule has 1 N–H and O–H groups in total. The maximum absolute atomic E-state index is 12.2. The summed E-state index contributed by atoms with van der Waals surface area (Å²) in [5.41, 5.74) is 0.0503. The molecule has 0 bridgehead atoms. The minimum atomic E-state index is 0.0503. The minimum Gasteiger partial charge on any atom is -0.375 e. The van der Waals surface area contributed by atoms with Crippen molar-refractivity contribution in [2.45, 2.75) is 70.4 Å². The fourth-order valence-corrected chi connectivity index (χ4v) is 3.30. The van der Waals surface area contributed by atoms with Crippen LogP contribution in [0.5, 0.6) is 0 Å². The lowest BCUT2D eigenvalue weighted by molar-refractivity contribution is -0.142. The van der Waals surface area contributed by atoms with Gasteiger partial charge in [-0.15, -0.1) is 0 Å². The molecule has 0 amide bonds. The van der Waals surface area contributed by atoms with Crippen LogP contribution in [0.4, 0.5) is 0 Å². The van der Waals surface area contributed by atoms with Gasteiger partial charge in [0.1, 0.15) is 5.78 Å². The highest BCUT2D eigenvalue weighted by Gasteiger charge is 2.40. The van der Waals surface area contributed by atoms with Gasteiger partial charge in [0.25, 0.3) is 0 Å². The molecule has 2 aliphatic rings. The van der Waals surface area contributed by atoms with E-state index in [1.165, 1.54) is 19.3 Å². The van der Waals surface area contributed by atoms with E-state index >= 15 is 0 Å². The number of hydrogen-bond acceptors (Lipinski definition) is 3. The Kier molecular flexibility index (Phi) is 4.79. The molecule has 0 aromatic rings. The summed E-state index contributed by atoms with van der Waals surface area (Å²) in [7, 11) is 0. The number of Topliss-reactive ketones (excluding diaryl/α,β-unsaturated/α-hetero) is 1. The van der Waals surface area contributed by atoms with Gasteiger partial charge in [0, 0.05) is 18.6 Å². The van der Waals surface area contributed by atoms with E-state index in [9.17, 15) is 4.79 Å². The van der Waals surface area contributed by atoms with Crippen LogP contribution in [-0.4, -0.2) is 30.6 Å². The van der Waals surface area contributed by atoms with Gasteiger partial charge < -0.3 is 10.1 Å². The van der Waals surface area contributed by atoms with E-state index in [0.29, 0.717) is 18.4 Å². The molecule has 1 saturated heterocycles. The van der Waals surface area contributed by atoms with E-state index in [-0.39, 0.29) is 11.5 Å². The lowest BCUT2D eigenvalue weighted by atomic mass is 9.75. The Morgan fingerprint density at radius 2 is 2.06 bits per heavy atom. The lowest BCUT2D eigenvalue weighted by Crippen LogP contribution is -2.45. The molecule has 3 nitrogen and oxygen atoms in total. The molecule has 0 radical (unpaired) electrons. The molecule has 3 heteroatoms. The van der Waals surface area contributed by atoms with Crippen molar-refractivity contribution in [2.75, 3.05) is 13.2 Å². The van der Waals surface area contributed by atoms with Crippen LogP contribution in [0.1, 0.15) is 58.8 Å². The van der Waals surface area contributed by atoms with Gasteiger partial charge in [-0.25, -0.2) is 0 Å². The summed E-state index contributed by atoms with van der Waals surface area (Å²) >= 11 is 0. The van der Waals surface area contributed by atoms with Crippen molar-refractivity contribution < 1.29 is 9.53 Å². The van der Waals surface area contributed by atoms with Crippen LogP contribution in [0.3, 0.4) is 0 Å². The van der Waals surface area contributed by atoms with E-state index in [1.807, 2.05) is 0 Å². The molecule has 0 aromatic heterocycles. The maximum atomic E-state index is 12.2. The van der Waals surface area contributed by atoms with E-state index < -0.39 is 0 Å². The van der Waals surface area contributed by atoms with E-state index in [4.69, 9.17) is 4.74 Å². The number of ketones is 1. The first kappa shape index (κ1) is 14.0. The predicted octanol–water partition coefficient (Wildman–Crippen LogP) is 2.68. The number of ether oxygens (including phenoxy) is 1. The Balaban J connectivity index is 1.87. The molecule has 1 atom stereocenters. The van der Waals surface area contributed by atoms with E-state index in [1.54, 1.807) is 0 Å². The average Bonchev–Trinajstić information content (AvgIpc) is 2.37. The van der Waals surface area contributed by atoms with Crippen LogP contribution in [0.25, 0.3) is 0 Å². The summed E-state index contributed by atoms with van der Waals surface area (Å²) in [5, 5.41) is 3.24. The fraction of sp³-hybridized carbons (Fsp3) is 0.933. The van der Waals surface area contributed by atoms with Crippen molar-refractivity contribution in [1.29, 1.82) is 0 Å². The van der Waals surface area contributed by atoms with Crippen LogP contribution in [0, 0.1) is 5.92 Å². The molecular weight excluding hydrogens is 226 g/mol. The zero-order valence-electron chi connectivity index (χ0n) is 11.8. The van der Waals surface area contributed by atoms with Crippen molar-refractivity contribution >= 4 is 5.78 Å². The van der Waals surface area contributed by atoms with Crippen LogP contribution in [0.2, 0.25) is 0 Å². The number of hydrogen-bond donors (Lipinski definition) is 1. The van der Waals surface area contributed by atoms with Crippen molar-refractivity contribution in [3.63, 3.8) is 0 Å².